The van der Waals surface area contributed by atoms with E-state index in [0.29, 0.717) is 23.7 Å². The Labute approximate surface area is 110 Å². The number of aryl methyl sites for hydroxylation is 1. The topological polar surface area (TPSA) is 51.8 Å². The molecule has 2 N–H and O–H groups in total. The number of halogens is 1. The maximum absolute atomic E-state index is 13.7. The van der Waals surface area contributed by atoms with E-state index < -0.39 is 0 Å². The van der Waals surface area contributed by atoms with Crippen LogP contribution in [-0.4, -0.2) is 16.5 Å². The predicted octanol–water partition coefficient (Wildman–Crippen LogP) is 2.58. The molecule has 0 radical (unpaired) electrons. The maximum atomic E-state index is 13.7. The number of hydrogen-bond donors (Lipinski definition) is 1. The van der Waals surface area contributed by atoms with E-state index in [-0.39, 0.29) is 5.82 Å². The third-order valence-corrected chi connectivity index (χ3v) is 3.42. The van der Waals surface area contributed by atoms with Crippen molar-refractivity contribution in [2.24, 2.45) is 5.73 Å². The molecular formula is C13H14FN3S. The molecule has 0 saturated carbocycles. The molecule has 0 saturated heterocycles. The molecule has 0 aliphatic rings. The van der Waals surface area contributed by atoms with Crippen molar-refractivity contribution in [1.82, 2.24) is 9.97 Å². The van der Waals surface area contributed by atoms with E-state index >= 15 is 0 Å². The molecule has 2 aromatic rings. The Hall–Kier alpha value is -1.46. The largest absolute Gasteiger partial charge is 0.330 e. The second-order valence-corrected chi connectivity index (χ2v) is 4.91. The molecule has 3 nitrogen and oxygen atoms in total. The van der Waals surface area contributed by atoms with Crippen molar-refractivity contribution < 1.29 is 4.39 Å². The van der Waals surface area contributed by atoms with Gasteiger partial charge >= 0.3 is 0 Å². The monoisotopic (exact) mass is 263 g/mol. The van der Waals surface area contributed by atoms with Crippen molar-refractivity contribution in [3.63, 3.8) is 0 Å². The Morgan fingerprint density at radius 1 is 1.28 bits per heavy atom. The third-order valence-electron chi connectivity index (χ3n) is 2.43. The van der Waals surface area contributed by atoms with Crippen LogP contribution in [0.4, 0.5) is 4.39 Å². The minimum atomic E-state index is -0.224. The van der Waals surface area contributed by atoms with Gasteiger partial charge in [-0.05, 0) is 49.3 Å². The summed E-state index contributed by atoms with van der Waals surface area (Å²) in [6.07, 6.45) is 4.01. The summed E-state index contributed by atoms with van der Waals surface area (Å²) in [5, 5.41) is 0.615. The Bertz CT molecular complexity index is 528. The van der Waals surface area contributed by atoms with Crippen molar-refractivity contribution in [3.8, 4) is 0 Å². The van der Waals surface area contributed by atoms with Crippen LogP contribution in [0.2, 0.25) is 0 Å². The summed E-state index contributed by atoms with van der Waals surface area (Å²) in [5.74, 6) is -0.224. The molecule has 0 fully saturated rings. The summed E-state index contributed by atoms with van der Waals surface area (Å²) in [7, 11) is 0. The number of nitrogens with zero attached hydrogens (tertiary/aromatic N) is 2. The Morgan fingerprint density at radius 2 is 2.00 bits per heavy atom. The molecule has 0 amide bonds. The lowest BCUT2D eigenvalue weighted by molar-refractivity contribution is 0.603. The fourth-order valence-electron chi connectivity index (χ4n) is 1.55. The van der Waals surface area contributed by atoms with Crippen LogP contribution in [0, 0.1) is 12.7 Å². The summed E-state index contributed by atoms with van der Waals surface area (Å²) < 4.78 is 13.7. The number of rotatable bonds is 4. The predicted molar refractivity (Wildman–Crippen MR) is 70.1 cm³/mol. The normalized spacial score (nSPS) is 10.6. The van der Waals surface area contributed by atoms with Gasteiger partial charge in [-0.15, -0.1) is 0 Å². The molecular weight excluding hydrogens is 249 g/mol. The first kappa shape index (κ1) is 13.0. The van der Waals surface area contributed by atoms with Gasteiger partial charge in [-0.25, -0.2) is 14.4 Å². The van der Waals surface area contributed by atoms with E-state index in [4.69, 9.17) is 5.73 Å². The van der Waals surface area contributed by atoms with Gasteiger partial charge in [0, 0.05) is 22.9 Å². The van der Waals surface area contributed by atoms with Crippen molar-refractivity contribution in [2.75, 3.05) is 6.54 Å². The number of benzene rings is 1. The molecule has 1 heterocycles. The van der Waals surface area contributed by atoms with Crippen LogP contribution in [0.5, 0.6) is 0 Å². The summed E-state index contributed by atoms with van der Waals surface area (Å²) in [4.78, 5) is 9.23. The van der Waals surface area contributed by atoms with Gasteiger partial charge in [0.05, 0.1) is 0 Å². The quantitative estimate of drug-likeness (QED) is 0.861. The zero-order valence-electron chi connectivity index (χ0n) is 10.1. The van der Waals surface area contributed by atoms with Crippen LogP contribution in [0.3, 0.4) is 0 Å². The first-order valence-corrected chi connectivity index (χ1v) is 6.46. The van der Waals surface area contributed by atoms with E-state index in [1.165, 1.54) is 17.8 Å². The van der Waals surface area contributed by atoms with Crippen LogP contribution in [-0.2, 0) is 6.42 Å². The number of aromatic nitrogens is 2. The molecule has 0 spiro atoms. The fraction of sp³-hybridized carbons (Fsp3) is 0.231. The first-order valence-electron chi connectivity index (χ1n) is 5.64. The van der Waals surface area contributed by atoms with Crippen LogP contribution in [0.25, 0.3) is 0 Å². The van der Waals surface area contributed by atoms with E-state index in [0.717, 1.165) is 10.5 Å². The lowest BCUT2D eigenvalue weighted by Gasteiger charge is -2.08. The molecule has 5 heteroatoms. The summed E-state index contributed by atoms with van der Waals surface area (Å²) in [6.45, 7) is 2.35. The van der Waals surface area contributed by atoms with Crippen molar-refractivity contribution in [1.29, 1.82) is 0 Å². The number of nitrogens with two attached hydrogens (primary N) is 1. The Balaban J connectivity index is 2.28. The number of hydrogen-bond acceptors (Lipinski definition) is 4. The summed E-state index contributed by atoms with van der Waals surface area (Å²) in [6, 6.07) is 5.00. The van der Waals surface area contributed by atoms with Crippen LogP contribution >= 0.6 is 11.8 Å². The van der Waals surface area contributed by atoms with Crippen molar-refractivity contribution >= 4 is 11.8 Å². The smallest absolute Gasteiger partial charge is 0.192 e. The molecule has 0 atom stereocenters. The fourth-order valence-corrected chi connectivity index (χ4v) is 2.43. The van der Waals surface area contributed by atoms with Crippen LogP contribution in [0.1, 0.15) is 11.1 Å². The van der Waals surface area contributed by atoms with Gasteiger partial charge in [0.2, 0.25) is 0 Å². The SMILES string of the molecule is Cc1cnc(Sc2cccc(F)c2CCN)nc1. The average Bonchev–Trinajstić information content (AvgIpc) is 2.36. The van der Waals surface area contributed by atoms with Crippen LogP contribution < -0.4 is 5.73 Å². The Morgan fingerprint density at radius 3 is 2.67 bits per heavy atom. The van der Waals surface area contributed by atoms with Gasteiger partial charge in [0.15, 0.2) is 5.16 Å². The molecule has 2 rings (SSSR count). The lowest BCUT2D eigenvalue weighted by Crippen LogP contribution is -2.05. The minimum Gasteiger partial charge on any atom is -0.330 e. The van der Waals surface area contributed by atoms with Gasteiger partial charge in [0.1, 0.15) is 5.82 Å². The Kier molecular flexibility index (Phi) is 4.28. The molecule has 94 valence electrons. The second kappa shape index (κ2) is 5.93. The highest BCUT2D eigenvalue weighted by molar-refractivity contribution is 7.99. The minimum absolute atomic E-state index is 0.224. The highest BCUT2D eigenvalue weighted by Crippen LogP contribution is 2.29. The molecule has 1 aromatic heterocycles. The zero-order chi connectivity index (χ0) is 13.0. The highest BCUT2D eigenvalue weighted by Gasteiger charge is 2.10. The van der Waals surface area contributed by atoms with Gasteiger partial charge in [-0.1, -0.05) is 6.07 Å². The van der Waals surface area contributed by atoms with Gasteiger partial charge in [-0.3, -0.25) is 0 Å². The standard InChI is InChI=1S/C13H14FN3S/c1-9-7-16-13(17-8-9)18-12-4-2-3-11(14)10(12)5-6-15/h2-4,7-8H,5-6,15H2,1H3. The average molecular weight is 263 g/mol. The zero-order valence-corrected chi connectivity index (χ0v) is 10.9. The van der Waals surface area contributed by atoms with Crippen molar-refractivity contribution in [2.45, 2.75) is 23.4 Å². The molecule has 0 bridgehead atoms. The van der Waals surface area contributed by atoms with E-state index in [9.17, 15) is 4.39 Å². The third kappa shape index (κ3) is 3.05. The molecule has 18 heavy (non-hydrogen) atoms. The van der Waals surface area contributed by atoms with E-state index in [1.54, 1.807) is 18.5 Å². The summed E-state index contributed by atoms with van der Waals surface area (Å²) in [5.41, 5.74) is 7.14. The van der Waals surface area contributed by atoms with E-state index in [2.05, 4.69) is 9.97 Å². The maximum Gasteiger partial charge on any atom is 0.192 e. The molecule has 0 aliphatic carbocycles. The second-order valence-electron chi connectivity index (χ2n) is 3.90. The van der Waals surface area contributed by atoms with Gasteiger partial charge in [-0.2, -0.15) is 0 Å². The molecule has 0 unspecified atom stereocenters. The van der Waals surface area contributed by atoms with Crippen LogP contribution in [0.15, 0.2) is 40.6 Å². The lowest BCUT2D eigenvalue weighted by atomic mass is 10.1. The molecule has 0 aliphatic heterocycles. The van der Waals surface area contributed by atoms with Gasteiger partial charge in [0.25, 0.3) is 0 Å². The first-order chi connectivity index (χ1) is 8.70. The van der Waals surface area contributed by atoms with Crippen molar-refractivity contribution in [3.05, 3.63) is 47.5 Å². The highest BCUT2D eigenvalue weighted by atomic mass is 32.2. The summed E-state index contributed by atoms with van der Waals surface area (Å²) >= 11 is 1.36. The molecule has 1 aromatic carbocycles. The van der Waals surface area contributed by atoms with E-state index in [1.807, 2.05) is 13.0 Å². The van der Waals surface area contributed by atoms with Gasteiger partial charge < -0.3 is 5.73 Å².